The van der Waals surface area contributed by atoms with Crippen molar-refractivity contribution >= 4 is 15.9 Å². The predicted molar refractivity (Wildman–Crippen MR) is 101 cm³/mol. The van der Waals surface area contributed by atoms with Crippen molar-refractivity contribution in [2.24, 2.45) is 0 Å². The highest BCUT2D eigenvalue weighted by Gasteiger charge is 2.17. The minimum atomic E-state index is -3.53. The number of carbonyl (C=O) groups excluding carboxylic acids is 1. The van der Waals surface area contributed by atoms with E-state index in [1.54, 1.807) is 54.6 Å². The number of benzene rings is 2. The van der Waals surface area contributed by atoms with Gasteiger partial charge in [0.1, 0.15) is 0 Å². The Labute approximate surface area is 154 Å². The zero-order chi connectivity index (χ0) is 18.4. The molecule has 138 valence electrons. The van der Waals surface area contributed by atoms with E-state index >= 15 is 0 Å². The SMILES string of the molecule is O=C(NC1CCCCC1)c1ccc(CNS(=O)(=O)c2ccccc2)cc1. The van der Waals surface area contributed by atoms with Gasteiger partial charge in [-0.25, -0.2) is 13.1 Å². The minimum Gasteiger partial charge on any atom is -0.349 e. The van der Waals surface area contributed by atoms with Crippen molar-refractivity contribution in [2.75, 3.05) is 0 Å². The van der Waals surface area contributed by atoms with Crippen LogP contribution in [0.3, 0.4) is 0 Å². The van der Waals surface area contributed by atoms with Crippen LogP contribution in [0, 0.1) is 0 Å². The van der Waals surface area contributed by atoms with E-state index in [0.29, 0.717) is 5.56 Å². The molecule has 1 fully saturated rings. The van der Waals surface area contributed by atoms with Crippen LogP contribution in [-0.4, -0.2) is 20.4 Å². The van der Waals surface area contributed by atoms with E-state index < -0.39 is 10.0 Å². The van der Waals surface area contributed by atoms with Crippen LogP contribution >= 0.6 is 0 Å². The first kappa shape index (κ1) is 18.6. The second-order valence-electron chi connectivity index (χ2n) is 6.64. The molecule has 0 spiro atoms. The minimum absolute atomic E-state index is 0.0617. The van der Waals surface area contributed by atoms with Gasteiger partial charge in [0.2, 0.25) is 10.0 Å². The van der Waals surface area contributed by atoms with Crippen LogP contribution in [0.4, 0.5) is 0 Å². The van der Waals surface area contributed by atoms with E-state index in [1.165, 1.54) is 19.3 Å². The van der Waals surface area contributed by atoms with Crippen LogP contribution in [0.15, 0.2) is 59.5 Å². The van der Waals surface area contributed by atoms with Gasteiger partial charge < -0.3 is 5.32 Å². The number of amides is 1. The molecule has 5 nitrogen and oxygen atoms in total. The van der Waals surface area contributed by atoms with E-state index in [0.717, 1.165) is 18.4 Å². The average Bonchev–Trinajstić information content (AvgIpc) is 2.68. The summed E-state index contributed by atoms with van der Waals surface area (Å²) in [5.41, 5.74) is 1.41. The van der Waals surface area contributed by atoms with E-state index in [9.17, 15) is 13.2 Å². The van der Waals surface area contributed by atoms with Crippen molar-refractivity contribution < 1.29 is 13.2 Å². The Balaban J connectivity index is 1.56. The van der Waals surface area contributed by atoms with Gasteiger partial charge in [-0.05, 0) is 42.7 Å². The van der Waals surface area contributed by atoms with Gasteiger partial charge in [-0.3, -0.25) is 4.79 Å². The monoisotopic (exact) mass is 372 g/mol. The normalized spacial score (nSPS) is 15.5. The number of sulfonamides is 1. The molecule has 2 aromatic rings. The first-order chi connectivity index (χ1) is 12.5. The quantitative estimate of drug-likeness (QED) is 0.817. The smallest absolute Gasteiger partial charge is 0.251 e. The Kier molecular flexibility index (Phi) is 6.06. The van der Waals surface area contributed by atoms with Gasteiger partial charge in [0, 0.05) is 18.2 Å². The van der Waals surface area contributed by atoms with Gasteiger partial charge in [-0.1, -0.05) is 49.6 Å². The van der Waals surface area contributed by atoms with Crippen LogP contribution in [0.25, 0.3) is 0 Å². The summed E-state index contributed by atoms with van der Waals surface area (Å²) < 4.78 is 27.0. The standard InChI is InChI=1S/C20H24N2O3S/c23-20(22-18-7-3-1-4-8-18)17-13-11-16(12-14-17)15-21-26(24,25)19-9-5-2-6-10-19/h2,5-6,9-14,18,21H,1,3-4,7-8,15H2,(H,22,23). The lowest BCUT2D eigenvalue weighted by molar-refractivity contribution is 0.0927. The Morgan fingerprint density at radius 2 is 1.58 bits per heavy atom. The largest absolute Gasteiger partial charge is 0.349 e. The molecule has 1 aliphatic rings. The van der Waals surface area contributed by atoms with Gasteiger partial charge in [0.25, 0.3) is 5.91 Å². The molecule has 1 saturated carbocycles. The van der Waals surface area contributed by atoms with Gasteiger partial charge in [-0.2, -0.15) is 0 Å². The molecule has 1 aliphatic carbocycles. The molecule has 0 heterocycles. The zero-order valence-electron chi connectivity index (χ0n) is 14.6. The fourth-order valence-electron chi connectivity index (χ4n) is 3.15. The Bertz CT molecular complexity index is 827. The molecular formula is C20H24N2O3S. The summed E-state index contributed by atoms with van der Waals surface area (Å²) in [5, 5.41) is 3.08. The van der Waals surface area contributed by atoms with Crippen LogP contribution < -0.4 is 10.0 Å². The summed E-state index contributed by atoms with van der Waals surface area (Å²) in [4.78, 5) is 12.5. The molecule has 0 aliphatic heterocycles. The highest BCUT2D eigenvalue weighted by atomic mass is 32.2. The molecule has 2 aromatic carbocycles. The van der Waals surface area contributed by atoms with Crippen LogP contribution in [0.2, 0.25) is 0 Å². The number of rotatable bonds is 6. The van der Waals surface area contributed by atoms with Crippen LogP contribution in [0.1, 0.15) is 48.0 Å². The van der Waals surface area contributed by atoms with Gasteiger partial charge in [0.05, 0.1) is 4.90 Å². The van der Waals surface area contributed by atoms with Crippen molar-refractivity contribution in [1.82, 2.24) is 10.0 Å². The highest BCUT2D eigenvalue weighted by molar-refractivity contribution is 7.89. The lowest BCUT2D eigenvalue weighted by Crippen LogP contribution is -2.36. The maximum Gasteiger partial charge on any atom is 0.251 e. The molecule has 6 heteroatoms. The predicted octanol–water partition coefficient (Wildman–Crippen LogP) is 3.23. The number of nitrogens with one attached hydrogen (secondary N) is 2. The van der Waals surface area contributed by atoms with E-state index in [-0.39, 0.29) is 23.4 Å². The fourth-order valence-corrected chi connectivity index (χ4v) is 4.19. The summed E-state index contributed by atoms with van der Waals surface area (Å²) in [6.07, 6.45) is 5.69. The van der Waals surface area contributed by atoms with E-state index in [2.05, 4.69) is 10.0 Å². The van der Waals surface area contributed by atoms with Crippen molar-refractivity contribution in [3.8, 4) is 0 Å². The maximum atomic E-state index is 12.3. The van der Waals surface area contributed by atoms with Gasteiger partial charge in [-0.15, -0.1) is 0 Å². The molecule has 26 heavy (non-hydrogen) atoms. The maximum absolute atomic E-state index is 12.3. The second kappa shape index (κ2) is 8.47. The Hall–Kier alpha value is -2.18. The first-order valence-electron chi connectivity index (χ1n) is 8.99. The molecule has 1 amide bonds. The average molecular weight is 372 g/mol. The fraction of sp³-hybridized carbons (Fsp3) is 0.350. The third-order valence-electron chi connectivity index (χ3n) is 4.68. The lowest BCUT2D eigenvalue weighted by atomic mass is 9.95. The Morgan fingerprint density at radius 3 is 2.23 bits per heavy atom. The molecule has 3 rings (SSSR count). The third-order valence-corrected chi connectivity index (χ3v) is 6.09. The second-order valence-corrected chi connectivity index (χ2v) is 8.41. The number of hydrogen-bond donors (Lipinski definition) is 2. The molecule has 0 atom stereocenters. The van der Waals surface area contributed by atoms with Crippen molar-refractivity contribution in [3.63, 3.8) is 0 Å². The van der Waals surface area contributed by atoms with Crippen LogP contribution in [0.5, 0.6) is 0 Å². The van der Waals surface area contributed by atoms with Gasteiger partial charge in [0.15, 0.2) is 0 Å². The molecule has 2 N–H and O–H groups in total. The zero-order valence-corrected chi connectivity index (χ0v) is 15.5. The summed E-state index contributed by atoms with van der Waals surface area (Å²) in [6.45, 7) is 0.182. The molecule has 0 radical (unpaired) electrons. The summed E-state index contributed by atoms with van der Waals surface area (Å²) in [5.74, 6) is -0.0617. The van der Waals surface area contributed by atoms with E-state index in [1.807, 2.05) is 0 Å². The molecular weight excluding hydrogens is 348 g/mol. The topological polar surface area (TPSA) is 75.3 Å². The van der Waals surface area contributed by atoms with Crippen molar-refractivity contribution in [1.29, 1.82) is 0 Å². The van der Waals surface area contributed by atoms with Crippen molar-refractivity contribution in [3.05, 3.63) is 65.7 Å². The molecule has 0 saturated heterocycles. The summed E-state index contributed by atoms with van der Waals surface area (Å²) in [7, 11) is -3.53. The highest BCUT2D eigenvalue weighted by Crippen LogP contribution is 2.18. The lowest BCUT2D eigenvalue weighted by Gasteiger charge is -2.22. The number of hydrogen-bond acceptors (Lipinski definition) is 3. The summed E-state index contributed by atoms with van der Waals surface area (Å²) >= 11 is 0. The Morgan fingerprint density at radius 1 is 0.923 bits per heavy atom. The van der Waals surface area contributed by atoms with Crippen LogP contribution in [-0.2, 0) is 16.6 Å². The molecule has 0 bridgehead atoms. The molecule has 0 unspecified atom stereocenters. The van der Waals surface area contributed by atoms with Gasteiger partial charge >= 0.3 is 0 Å². The van der Waals surface area contributed by atoms with Crippen molar-refractivity contribution in [2.45, 2.75) is 49.6 Å². The summed E-state index contributed by atoms with van der Waals surface area (Å²) in [6, 6.07) is 15.6. The third kappa shape index (κ3) is 4.93. The number of carbonyl (C=O) groups is 1. The first-order valence-corrected chi connectivity index (χ1v) is 10.5. The van der Waals surface area contributed by atoms with E-state index in [4.69, 9.17) is 0 Å². The molecule has 0 aromatic heterocycles.